The van der Waals surface area contributed by atoms with Crippen LogP contribution in [0.4, 0.5) is 0 Å². The Bertz CT molecular complexity index is 399. The number of amides is 1. The number of carbonyl (C=O) groups is 1. The second kappa shape index (κ2) is 15.5. The van der Waals surface area contributed by atoms with Gasteiger partial charge in [0.1, 0.15) is 0 Å². The smallest absolute Gasteiger partial charge is 0.221 e. The average Bonchev–Trinajstić information content (AvgIpc) is 3.05. The van der Waals surface area contributed by atoms with E-state index in [9.17, 15) is 9.90 Å². The van der Waals surface area contributed by atoms with Crippen LogP contribution in [0.5, 0.6) is 0 Å². The molecular weight excluding hydrogens is 443 g/mol. The molecule has 0 aromatic heterocycles. The molecule has 0 radical (unpaired) electrons. The van der Waals surface area contributed by atoms with Crippen LogP contribution in [-0.4, -0.2) is 49.3 Å². The van der Waals surface area contributed by atoms with Crippen LogP contribution in [0, 0.1) is 11.8 Å². The highest BCUT2D eigenvalue weighted by Crippen LogP contribution is 2.17. The van der Waals surface area contributed by atoms with E-state index in [0.29, 0.717) is 37.4 Å². The number of hydrogen-bond acceptors (Lipinski definition) is 3. The quantitative estimate of drug-likeness (QED) is 0.207. The minimum absolute atomic E-state index is 0. The van der Waals surface area contributed by atoms with Crippen LogP contribution < -0.4 is 16.0 Å². The molecule has 1 amide bonds. The fraction of sp³-hybridized carbons (Fsp3) is 0.895. The molecule has 1 atom stereocenters. The SMILES string of the molecule is CCNC(=NCC(CCO)CC(C)C)NCCC(=O)NC1CCCC1.I. The van der Waals surface area contributed by atoms with Gasteiger partial charge in [0, 0.05) is 38.7 Å². The number of aliphatic imine (C=N–C) groups is 1. The van der Waals surface area contributed by atoms with Crippen molar-refractivity contribution in [1.29, 1.82) is 0 Å². The molecule has 154 valence electrons. The topological polar surface area (TPSA) is 85.8 Å². The van der Waals surface area contributed by atoms with Crippen molar-refractivity contribution in [2.45, 2.75) is 71.8 Å². The summed E-state index contributed by atoms with van der Waals surface area (Å²) in [5.74, 6) is 1.86. The molecule has 0 aromatic carbocycles. The molecule has 0 aromatic rings. The van der Waals surface area contributed by atoms with E-state index in [1.54, 1.807) is 0 Å². The van der Waals surface area contributed by atoms with Crippen molar-refractivity contribution in [3.63, 3.8) is 0 Å². The van der Waals surface area contributed by atoms with Crippen molar-refractivity contribution in [1.82, 2.24) is 16.0 Å². The van der Waals surface area contributed by atoms with E-state index in [0.717, 1.165) is 38.2 Å². The summed E-state index contributed by atoms with van der Waals surface area (Å²) in [5, 5.41) is 18.8. The van der Waals surface area contributed by atoms with Crippen LogP contribution in [-0.2, 0) is 4.79 Å². The zero-order valence-electron chi connectivity index (χ0n) is 16.7. The van der Waals surface area contributed by atoms with Crippen molar-refractivity contribution in [2.24, 2.45) is 16.8 Å². The molecule has 6 nitrogen and oxygen atoms in total. The molecule has 1 saturated carbocycles. The average molecular weight is 482 g/mol. The minimum Gasteiger partial charge on any atom is -0.396 e. The molecule has 7 heteroatoms. The van der Waals surface area contributed by atoms with Gasteiger partial charge in [-0.1, -0.05) is 26.7 Å². The Labute approximate surface area is 176 Å². The van der Waals surface area contributed by atoms with Crippen molar-refractivity contribution in [2.75, 3.05) is 26.2 Å². The third kappa shape index (κ3) is 11.9. The molecule has 1 aliphatic rings. The molecule has 1 aliphatic carbocycles. The van der Waals surface area contributed by atoms with E-state index in [2.05, 4.69) is 34.8 Å². The Morgan fingerprint density at radius 1 is 1.23 bits per heavy atom. The molecule has 0 heterocycles. The first-order chi connectivity index (χ1) is 12.0. The zero-order chi connectivity index (χ0) is 18.5. The van der Waals surface area contributed by atoms with Gasteiger partial charge in [0.2, 0.25) is 5.91 Å². The zero-order valence-corrected chi connectivity index (χ0v) is 19.1. The molecular formula is C19H39IN4O2. The van der Waals surface area contributed by atoms with Crippen LogP contribution >= 0.6 is 24.0 Å². The van der Waals surface area contributed by atoms with Crippen LogP contribution in [0.15, 0.2) is 4.99 Å². The molecule has 0 spiro atoms. The number of rotatable bonds is 11. The van der Waals surface area contributed by atoms with Gasteiger partial charge in [-0.15, -0.1) is 24.0 Å². The Morgan fingerprint density at radius 3 is 2.50 bits per heavy atom. The third-order valence-electron chi connectivity index (χ3n) is 4.56. The number of hydrogen-bond donors (Lipinski definition) is 4. The van der Waals surface area contributed by atoms with E-state index in [-0.39, 0.29) is 36.5 Å². The van der Waals surface area contributed by atoms with E-state index in [4.69, 9.17) is 0 Å². The largest absolute Gasteiger partial charge is 0.396 e. The van der Waals surface area contributed by atoms with Crippen LogP contribution in [0.1, 0.15) is 65.7 Å². The van der Waals surface area contributed by atoms with Crippen LogP contribution in [0.3, 0.4) is 0 Å². The fourth-order valence-electron chi connectivity index (χ4n) is 3.36. The third-order valence-corrected chi connectivity index (χ3v) is 4.56. The van der Waals surface area contributed by atoms with E-state index in [1.165, 1.54) is 12.8 Å². The van der Waals surface area contributed by atoms with Gasteiger partial charge in [-0.2, -0.15) is 0 Å². The van der Waals surface area contributed by atoms with Crippen molar-refractivity contribution in [3.8, 4) is 0 Å². The first kappa shape index (κ1) is 25.4. The summed E-state index contributed by atoms with van der Waals surface area (Å²) < 4.78 is 0. The van der Waals surface area contributed by atoms with Crippen molar-refractivity contribution in [3.05, 3.63) is 0 Å². The lowest BCUT2D eigenvalue weighted by molar-refractivity contribution is -0.121. The lowest BCUT2D eigenvalue weighted by Crippen LogP contribution is -2.40. The highest BCUT2D eigenvalue weighted by molar-refractivity contribution is 14.0. The molecule has 0 bridgehead atoms. The Kier molecular flexibility index (Phi) is 15.1. The van der Waals surface area contributed by atoms with Crippen molar-refractivity contribution < 1.29 is 9.90 Å². The summed E-state index contributed by atoms with van der Waals surface area (Å²) in [6.45, 7) is 8.69. The monoisotopic (exact) mass is 482 g/mol. The Balaban J connectivity index is 0.00000625. The van der Waals surface area contributed by atoms with Crippen molar-refractivity contribution >= 4 is 35.8 Å². The summed E-state index contributed by atoms with van der Waals surface area (Å²) in [6.07, 6.45) is 7.00. The molecule has 26 heavy (non-hydrogen) atoms. The van der Waals surface area contributed by atoms with Gasteiger partial charge in [-0.25, -0.2) is 0 Å². The number of nitrogens with zero attached hydrogens (tertiary/aromatic N) is 1. The fourth-order valence-corrected chi connectivity index (χ4v) is 3.36. The second-order valence-electron chi connectivity index (χ2n) is 7.45. The normalized spacial score (nSPS) is 16.3. The van der Waals surface area contributed by atoms with E-state index in [1.807, 2.05) is 6.92 Å². The number of nitrogens with one attached hydrogen (secondary N) is 3. The van der Waals surface area contributed by atoms with Gasteiger partial charge in [0.05, 0.1) is 0 Å². The number of halogens is 1. The summed E-state index contributed by atoms with van der Waals surface area (Å²) in [5.41, 5.74) is 0. The Hall–Kier alpha value is -0.570. The molecule has 1 rings (SSSR count). The Morgan fingerprint density at radius 2 is 1.92 bits per heavy atom. The lowest BCUT2D eigenvalue weighted by Gasteiger charge is -2.18. The molecule has 0 aliphatic heterocycles. The molecule has 4 N–H and O–H groups in total. The summed E-state index contributed by atoms with van der Waals surface area (Å²) in [7, 11) is 0. The number of carbonyl (C=O) groups excluding carboxylic acids is 1. The van der Waals surface area contributed by atoms with Crippen LogP contribution in [0.2, 0.25) is 0 Å². The highest BCUT2D eigenvalue weighted by Gasteiger charge is 2.16. The maximum atomic E-state index is 12.0. The molecule has 1 unspecified atom stereocenters. The van der Waals surface area contributed by atoms with Gasteiger partial charge in [0.15, 0.2) is 5.96 Å². The lowest BCUT2D eigenvalue weighted by atomic mass is 9.94. The molecule has 0 saturated heterocycles. The molecule has 1 fully saturated rings. The minimum atomic E-state index is 0. The first-order valence-electron chi connectivity index (χ1n) is 9.97. The maximum absolute atomic E-state index is 12.0. The predicted octanol–water partition coefficient (Wildman–Crippen LogP) is 2.65. The van der Waals surface area contributed by atoms with Crippen LogP contribution in [0.25, 0.3) is 0 Å². The van der Waals surface area contributed by atoms with Gasteiger partial charge in [0.25, 0.3) is 0 Å². The summed E-state index contributed by atoms with van der Waals surface area (Å²) in [4.78, 5) is 16.6. The number of aliphatic hydroxyl groups excluding tert-OH is 1. The van der Waals surface area contributed by atoms with Gasteiger partial charge in [-0.05, 0) is 44.4 Å². The number of guanidine groups is 1. The standard InChI is InChI=1S/C19H38N4O2.HI/c1-4-20-19(22-14-16(10-12-24)13-15(2)3)21-11-9-18(25)23-17-7-5-6-8-17;/h15-17,24H,4-14H2,1-3H3,(H,23,25)(H2,20,21,22);1H. The van der Waals surface area contributed by atoms with E-state index < -0.39 is 0 Å². The maximum Gasteiger partial charge on any atom is 0.221 e. The predicted molar refractivity (Wildman–Crippen MR) is 119 cm³/mol. The summed E-state index contributed by atoms with van der Waals surface area (Å²) >= 11 is 0. The van der Waals surface area contributed by atoms with Gasteiger partial charge >= 0.3 is 0 Å². The van der Waals surface area contributed by atoms with E-state index >= 15 is 0 Å². The highest BCUT2D eigenvalue weighted by atomic mass is 127. The number of aliphatic hydroxyl groups is 1. The van der Waals surface area contributed by atoms with Gasteiger partial charge in [-0.3, -0.25) is 9.79 Å². The summed E-state index contributed by atoms with van der Waals surface area (Å²) in [6, 6.07) is 0.379. The second-order valence-corrected chi connectivity index (χ2v) is 7.45. The van der Waals surface area contributed by atoms with Gasteiger partial charge < -0.3 is 21.1 Å². The first-order valence-corrected chi connectivity index (χ1v) is 9.97.